The van der Waals surface area contributed by atoms with Crippen molar-refractivity contribution >= 4 is 17.2 Å². The van der Waals surface area contributed by atoms with Gasteiger partial charge in [0.15, 0.2) is 0 Å². The summed E-state index contributed by atoms with van der Waals surface area (Å²) in [7, 11) is 0. The topological polar surface area (TPSA) is 48.9 Å². The van der Waals surface area contributed by atoms with Crippen molar-refractivity contribution in [1.29, 1.82) is 0 Å². The standard InChI is InChI=1S/C19H28N4O2S/c1-14-17(26-13-20-14)8-21-10-19(11-21)12-23(7-15-3-4-15)16(9-25-19)18(24)22-5-2-6-22/h13,15-16H,2-12H2,1H3. The molecule has 142 valence electrons. The quantitative estimate of drug-likeness (QED) is 0.776. The Balaban J connectivity index is 1.22. The van der Waals surface area contributed by atoms with Crippen LogP contribution in [-0.2, 0) is 16.1 Å². The number of ether oxygens (including phenoxy) is 1. The van der Waals surface area contributed by atoms with Gasteiger partial charge in [0.1, 0.15) is 11.6 Å². The van der Waals surface area contributed by atoms with Crippen LogP contribution in [0.2, 0.25) is 0 Å². The van der Waals surface area contributed by atoms with Gasteiger partial charge in [-0.3, -0.25) is 14.6 Å². The van der Waals surface area contributed by atoms with E-state index in [2.05, 4.69) is 21.7 Å². The summed E-state index contributed by atoms with van der Waals surface area (Å²) in [6.07, 6.45) is 3.80. The summed E-state index contributed by atoms with van der Waals surface area (Å²) in [6, 6.07) is -0.0562. The molecular formula is C19H28N4O2S. The number of hydrogen-bond donors (Lipinski definition) is 0. The molecule has 3 aliphatic heterocycles. The Labute approximate surface area is 159 Å². The third-order valence-electron chi connectivity index (χ3n) is 6.36. The molecule has 1 aromatic rings. The second-order valence-corrected chi connectivity index (χ2v) is 9.51. The van der Waals surface area contributed by atoms with Gasteiger partial charge in [-0.2, -0.15) is 0 Å². The van der Waals surface area contributed by atoms with E-state index < -0.39 is 0 Å². The number of amides is 1. The largest absolute Gasteiger partial charge is 0.369 e. The molecule has 1 atom stereocenters. The van der Waals surface area contributed by atoms with E-state index in [1.165, 1.54) is 17.7 Å². The van der Waals surface area contributed by atoms with Crippen molar-refractivity contribution in [1.82, 2.24) is 19.7 Å². The van der Waals surface area contributed by atoms with Crippen LogP contribution in [0.3, 0.4) is 0 Å². The number of aromatic nitrogens is 1. The number of morpholine rings is 1. The summed E-state index contributed by atoms with van der Waals surface area (Å²) in [6.45, 7) is 9.40. The Bertz CT molecular complexity index is 679. The minimum Gasteiger partial charge on any atom is -0.369 e. The lowest BCUT2D eigenvalue weighted by Gasteiger charge is -2.56. The van der Waals surface area contributed by atoms with Gasteiger partial charge in [-0.15, -0.1) is 11.3 Å². The molecule has 0 aromatic carbocycles. The highest BCUT2D eigenvalue weighted by molar-refractivity contribution is 7.09. The number of carbonyl (C=O) groups excluding carboxylic acids is 1. The van der Waals surface area contributed by atoms with Gasteiger partial charge in [-0.25, -0.2) is 4.98 Å². The molecule has 1 aliphatic carbocycles. The summed E-state index contributed by atoms with van der Waals surface area (Å²) in [4.78, 5) is 25.4. The van der Waals surface area contributed by atoms with E-state index in [4.69, 9.17) is 4.74 Å². The normalized spacial score (nSPS) is 28.8. The third kappa shape index (κ3) is 3.19. The molecule has 7 heteroatoms. The summed E-state index contributed by atoms with van der Waals surface area (Å²) in [5.74, 6) is 1.09. The maximum Gasteiger partial charge on any atom is 0.242 e. The molecule has 1 unspecified atom stereocenters. The molecule has 4 heterocycles. The van der Waals surface area contributed by atoms with Gasteiger partial charge in [-0.1, -0.05) is 0 Å². The van der Waals surface area contributed by atoms with Gasteiger partial charge >= 0.3 is 0 Å². The van der Waals surface area contributed by atoms with Gasteiger partial charge in [0.25, 0.3) is 0 Å². The first-order valence-corrected chi connectivity index (χ1v) is 10.8. The lowest BCUT2D eigenvalue weighted by Crippen LogP contribution is -2.73. The van der Waals surface area contributed by atoms with Crippen molar-refractivity contribution in [2.75, 3.05) is 45.9 Å². The van der Waals surface area contributed by atoms with Crippen molar-refractivity contribution in [2.24, 2.45) is 5.92 Å². The minimum atomic E-state index is -0.0702. The Kier molecular flexibility index (Phi) is 4.31. The number of aryl methyl sites for hydroxylation is 1. The molecular weight excluding hydrogens is 348 g/mol. The average molecular weight is 377 g/mol. The van der Waals surface area contributed by atoms with Crippen LogP contribution < -0.4 is 0 Å². The highest BCUT2D eigenvalue weighted by Crippen LogP contribution is 2.37. The summed E-state index contributed by atoms with van der Waals surface area (Å²) in [5.41, 5.74) is 3.01. The number of likely N-dealkylation sites (tertiary alicyclic amines) is 2. The van der Waals surface area contributed by atoms with Crippen molar-refractivity contribution < 1.29 is 9.53 Å². The van der Waals surface area contributed by atoms with E-state index in [-0.39, 0.29) is 11.6 Å². The van der Waals surface area contributed by atoms with Crippen molar-refractivity contribution in [3.63, 3.8) is 0 Å². The Morgan fingerprint density at radius 1 is 1.35 bits per heavy atom. The number of thiazole rings is 1. The summed E-state index contributed by atoms with van der Waals surface area (Å²) in [5, 5.41) is 0. The lowest BCUT2D eigenvalue weighted by atomic mass is 9.89. The second-order valence-electron chi connectivity index (χ2n) is 8.57. The lowest BCUT2D eigenvalue weighted by molar-refractivity contribution is -0.206. The molecule has 4 fully saturated rings. The van der Waals surface area contributed by atoms with Crippen molar-refractivity contribution in [3.8, 4) is 0 Å². The fourth-order valence-corrected chi connectivity index (χ4v) is 5.26. The number of nitrogens with zero attached hydrogens (tertiary/aromatic N) is 4. The molecule has 6 nitrogen and oxygen atoms in total. The zero-order valence-electron chi connectivity index (χ0n) is 15.5. The third-order valence-corrected chi connectivity index (χ3v) is 7.28. The first-order valence-electron chi connectivity index (χ1n) is 9.90. The first kappa shape index (κ1) is 17.1. The molecule has 1 amide bonds. The van der Waals surface area contributed by atoms with Gasteiger partial charge in [0.2, 0.25) is 5.91 Å². The van der Waals surface area contributed by atoms with E-state index in [0.717, 1.165) is 63.8 Å². The number of hydrogen-bond acceptors (Lipinski definition) is 6. The monoisotopic (exact) mass is 376 g/mol. The van der Waals surface area contributed by atoms with Crippen LogP contribution in [0.5, 0.6) is 0 Å². The fourth-order valence-electron chi connectivity index (χ4n) is 4.44. The van der Waals surface area contributed by atoms with E-state index in [1.807, 2.05) is 10.4 Å². The predicted octanol–water partition coefficient (Wildman–Crippen LogP) is 1.35. The Morgan fingerprint density at radius 3 is 2.77 bits per heavy atom. The first-order chi connectivity index (χ1) is 12.6. The zero-order chi connectivity index (χ0) is 17.7. The molecule has 1 saturated carbocycles. The van der Waals surface area contributed by atoms with Gasteiger partial charge in [0.05, 0.1) is 17.8 Å². The SMILES string of the molecule is Cc1ncsc1CN1CC2(C1)CN(CC1CC1)C(C(=O)N1CCC1)CO2. The molecule has 4 aliphatic rings. The predicted molar refractivity (Wildman–Crippen MR) is 100 cm³/mol. The molecule has 1 aromatic heterocycles. The van der Waals surface area contributed by atoms with Crippen LogP contribution in [0.4, 0.5) is 0 Å². The summed E-state index contributed by atoms with van der Waals surface area (Å²) >= 11 is 1.74. The number of rotatable bonds is 5. The Morgan fingerprint density at radius 2 is 2.15 bits per heavy atom. The van der Waals surface area contributed by atoms with E-state index in [0.29, 0.717) is 12.5 Å². The highest BCUT2D eigenvalue weighted by atomic mass is 32.1. The number of carbonyl (C=O) groups is 1. The van der Waals surface area contributed by atoms with E-state index in [1.54, 1.807) is 11.3 Å². The smallest absolute Gasteiger partial charge is 0.242 e. The fraction of sp³-hybridized carbons (Fsp3) is 0.789. The van der Waals surface area contributed by atoms with Crippen LogP contribution in [0.15, 0.2) is 5.51 Å². The van der Waals surface area contributed by atoms with Gasteiger partial charge < -0.3 is 9.64 Å². The maximum absolute atomic E-state index is 12.8. The minimum absolute atomic E-state index is 0.0562. The van der Waals surface area contributed by atoms with E-state index in [9.17, 15) is 4.79 Å². The maximum atomic E-state index is 12.8. The molecule has 5 rings (SSSR count). The van der Waals surface area contributed by atoms with Gasteiger partial charge in [-0.05, 0) is 32.1 Å². The molecule has 0 radical (unpaired) electrons. The zero-order valence-corrected chi connectivity index (χ0v) is 16.3. The van der Waals surface area contributed by atoms with E-state index >= 15 is 0 Å². The van der Waals surface area contributed by atoms with Gasteiger partial charge in [0, 0.05) is 50.7 Å². The van der Waals surface area contributed by atoms with Crippen LogP contribution in [0, 0.1) is 12.8 Å². The van der Waals surface area contributed by atoms with Crippen molar-refractivity contribution in [3.05, 3.63) is 16.1 Å². The average Bonchev–Trinajstić information content (AvgIpc) is 3.26. The second kappa shape index (κ2) is 6.55. The van der Waals surface area contributed by atoms with Crippen LogP contribution in [-0.4, -0.2) is 83.1 Å². The Hall–Kier alpha value is -1.02. The summed E-state index contributed by atoms with van der Waals surface area (Å²) < 4.78 is 6.32. The van der Waals surface area contributed by atoms with Crippen LogP contribution in [0.25, 0.3) is 0 Å². The van der Waals surface area contributed by atoms with Crippen LogP contribution in [0.1, 0.15) is 29.8 Å². The molecule has 3 saturated heterocycles. The molecule has 0 N–H and O–H groups in total. The molecule has 0 bridgehead atoms. The molecule has 26 heavy (non-hydrogen) atoms. The molecule has 1 spiro atoms. The van der Waals surface area contributed by atoms with Crippen LogP contribution >= 0.6 is 11.3 Å². The van der Waals surface area contributed by atoms with Crippen molar-refractivity contribution in [2.45, 2.75) is 44.4 Å². The highest BCUT2D eigenvalue weighted by Gasteiger charge is 2.51.